The number of aromatic amines is 1. The van der Waals surface area contributed by atoms with Crippen LogP contribution in [0.15, 0.2) is 41.3 Å². The van der Waals surface area contributed by atoms with Gasteiger partial charge in [-0.15, -0.1) is 0 Å². The van der Waals surface area contributed by atoms with Gasteiger partial charge in [0, 0.05) is 48.7 Å². The summed E-state index contributed by atoms with van der Waals surface area (Å²) in [7, 11) is 0. The predicted octanol–water partition coefficient (Wildman–Crippen LogP) is 1.68. The summed E-state index contributed by atoms with van der Waals surface area (Å²) in [5, 5.41) is 0. The molecule has 0 bridgehead atoms. The molecule has 0 amide bonds. The van der Waals surface area contributed by atoms with E-state index in [2.05, 4.69) is 14.9 Å². The number of pyridine rings is 2. The summed E-state index contributed by atoms with van der Waals surface area (Å²) in [6, 6.07) is 9.24. The van der Waals surface area contributed by atoms with E-state index in [-0.39, 0.29) is 5.43 Å². The van der Waals surface area contributed by atoms with Crippen LogP contribution in [0.5, 0.6) is 0 Å². The van der Waals surface area contributed by atoms with Crippen molar-refractivity contribution in [2.75, 3.05) is 18.0 Å². The van der Waals surface area contributed by atoms with Gasteiger partial charge in [-0.3, -0.25) is 4.79 Å². The van der Waals surface area contributed by atoms with Gasteiger partial charge < -0.3 is 9.88 Å². The molecule has 18 heavy (non-hydrogen) atoms. The predicted molar refractivity (Wildman–Crippen MR) is 71.0 cm³/mol. The Hall–Kier alpha value is -2.10. The van der Waals surface area contributed by atoms with Crippen LogP contribution in [0.4, 0.5) is 5.82 Å². The first kappa shape index (κ1) is 11.0. The van der Waals surface area contributed by atoms with Crippen molar-refractivity contribution in [2.45, 2.75) is 12.8 Å². The standard InChI is InChI=1S/C14H15N3O/c1-10-6-12(18)7-13(16-10)11-8-17(9-11)14-4-2-3-5-15-14/h2-7,11H,8-9H2,1H3,(H,16,18). The zero-order valence-corrected chi connectivity index (χ0v) is 10.3. The fourth-order valence-corrected chi connectivity index (χ4v) is 2.33. The molecule has 92 valence electrons. The first-order valence-corrected chi connectivity index (χ1v) is 6.09. The maximum Gasteiger partial charge on any atom is 0.182 e. The number of H-pyrrole nitrogens is 1. The van der Waals surface area contributed by atoms with Gasteiger partial charge in [0.05, 0.1) is 0 Å². The van der Waals surface area contributed by atoms with Crippen LogP contribution in [0.3, 0.4) is 0 Å². The molecule has 1 aliphatic rings. The average molecular weight is 241 g/mol. The smallest absolute Gasteiger partial charge is 0.182 e. The lowest BCUT2D eigenvalue weighted by Crippen LogP contribution is -2.46. The van der Waals surface area contributed by atoms with Crippen molar-refractivity contribution >= 4 is 5.82 Å². The number of aryl methyl sites for hydroxylation is 1. The van der Waals surface area contributed by atoms with Crippen molar-refractivity contribution in [2.24, 2.45) is 0 Å². The Labute approximate surface area is 105 Å². The molecular weight excluding hydrogens is 226 g/mol. The molecule has 0 aliphatic carbocycles. The molecule has 4 nitrogen and oxygen atoms in total. The zero-order valence-electron chi connectivity index (χ0n) is 10.3. The van der Waals surface area contributed by atoms with Crippen molar-refractivity contribution in [1.29, 1.82) is 0 Å². The summed E-state index contributed by atoms with van der Waals surface area (Å²) in [6.45, 7) is 3.74. The quantitative estimate of drug-likeness (QED) is 0.870. The molecule has 1 fully saturated rings. The lowest BCUT2D eigenvalue weighted by molar-refractivity contribution is 0.508. The molecule has 4 heteroatoms. The van der Waals surface area contributed by atoms with Crippen molar-refractivity contribution in [1.82, 2.24) is 9.97 Å². The molecule has 2 aromatic rings. The second-order valence-corrected chi connectivity index (χ2v) is 4.74. The van der Waals surface area contributed by atoms with Gasteiger partial charge in [0.1, 0.15) is 5.82 Å². The Bertz CT molecular complexity index is 600. The van der Waals surface area contributed by atoms with Crippen LogP contribution in [-0.4, -0.2) is 23.1 Å². The number of anilines is 1. The molecule has 2 aromatic heterocycles. The van der Waals surface area contributed by atoms with Crippen molar-refractivity contribution in [3.8, 4) is 0 Å². The molecule has 1 saturated heterocycles. The number of nitrogens with one attached hydrogen (secondary N) is 1. The van der Waals surface area contributed by atoms with E-state index < -0.39 is 0 Å². The van der Waals surface area contributed by atoms with E-state index in [0.717, 1.165) is 30.3 Å². The van der Waals surface area contributed by atoms with Crippen molar-refractivity contribution in [3.05, 3.63) is 58.1 Å². The third kappa shape index (κ3) is 2.01. The fourth-order valence-electron chi connectivity index (χ4n) is 2.33. The Morgan fingerprint density at radius 2 is 2.17 bits per heavy atom. The topological polar surface area (TPSA) is 49.0 Å². The third-order valence-corrected chi connectivity index (χ3v) is 3.29. The summed E-state index contributed by atoms with van der Waals surface area (Å²) in [6.07, 6.45) is 1.80. The van der Waals surface area contributed by atoms with Crippen LogP contribution >= 0.6 is 0 Å². The van der Waals surface area contributed by atoms with E-state index in [1.165, 1.54) is 0 Å². The zero-order chi connectivity index (χ0) is 12.5. The number of rotatable bonds is 2. The van der Waals surface area contributed by atoms with Gasteiger partial charge in [-0.1, -0.05) is 6.07 Å². The lowest BCUT2D eigenvalue weighted by atomic mass is 9.95. The highest BCUT2D eigenvalue weighted by molar-refractivity contribution is 5.43. The van der Waals surface area contributed by atoms with Crippen molar-refractivity contribution in [3.63, 3.8) is 0 Å². The van der Waals surface area contributed by atoms with E-state index in [4.69, 9.17) is 0 Å². The average Bonchev–Trinajstić information content (AvgIpc) is 2.27. The molecular formula is C14H15N3O. The molecule has 3 heterocycles. The normalized spacial score (nSPS) is 15.5. The molecule has 0 atom stereocenters. The number of aromatic nitrogens is 2. The summed E-state index contributed by atoms with van der Waals surface area (Å²) in [4.78, 5) is 21.3. The minimum Gasteiger partial charge on any atom is -0.362 e. The summed E-state index contributed by atoms with van der Waals surface area (Å²) in [5.74, 6) is 1.41. The molecule has 1 aliphatic heterocycles. The highest BCUT2D eigenvalue weighted by Gasteiger charge is 2.29. The summed E-state index contributed by atoms with van der Waals surface area (Å²) < 4.78 is 0. The van der Waals surface area contributed by atoms with E-state index in [1.807, 2.05) is 25.1 Å². The minimum absolute atomic E-state index is 0.0811. The van der Waals surface area contributed by atoms with Gasteiger partial charge in [-0.05, 0) is 19.1 Å². The van der Waals surface area contributed by atoms with Crippen LogP contribution in [0, 0.1) is 6.92 Å². The van der Waals surface area contributed by atoms with E-state index in [0.29, 0.717) is 5.92 Å². The van der Waals surface area contributed by atoms with Gasteiger partial charge in [0.2, 0.25) is 0 Å². The van der Waals surface area contributed by atoms with Crippen LogP contribution in [0.25, 0.3) is 0 Å². The van der Waals surface area contributed by atoms with Gasteiger partial charge in [0.25, 0.3) is 0 Å². The van der Waals surface area contributed by atoms with Gasteiger partial charge >= 0.3 is 0 Å². The fraction of sp³-hybridized carbons (Fsp3) is 0.286. The van der Waals surface area contributed by atoms with Gasteiger partial charge in [0.15, 0.2) is 5.43 Å². The number of hydrogen-bond acceptors (Lipinski definition) is 3. The van der Waals surface area contributed by atoms with E-state index >= 15 is 0 Å². The SMILES string of the molecule is Cc1cc(=O)cc(C2CN(c3ccccn3)C2)[nH]1. The first-order chi connectivity index (χ1) is 8.72. The maximum absolute atomic E-state index is 11.5. The third-order valence-electron chi connectivity index (χ3n) is 3.29. The molecule has 0 radical (unpaired) electrons. The Morgan fingerprint density at radius 3 is 2.83 bits per heavy atom. The van der Waals surface area contributed by atoms with Crippen LogP contribution in [0.1, 0.15) is 17.3 Å². The van der Waals surface area contributed by atoms with Crippen LogP contribution < -0.4 is 10.3 Å². The lowest BCUT2D eigenvalue weighted by Gasteiger charge is -2.40. The minimum atomic E-state index is 0.0811. The largest absolute Gasteiger partial charge is 0.362 e. The van der Waals surface area contributed by atoms with E-state index in [9.17, 15) is 4.79 Å². The molecule has 0 aromatic carbocycles. The Morgan fingerprint density at radius 1 is 1.33 bits per heavy atom. The van der Waals surface area contributed by atoms with Crippen LogP contribution in [-0.2, 0) is 0 Å². The monoisotopic (exact) mass is 241 g/mol. The molecule has 3 rings (SSSR count). The molecule has 0 spiro atoms. The number of nitrogens with zero attached hydrogens (tertiary/aromatic N) is 2. The summed E-state index contributed by atoms with van der Waals surface area (Å²) >= 11 is 0. The second-order valence-electron chi connectivity index (χ2n) is 4.74. The highest BCUT2D eigenvalue weighted by Crippen LogP contribution is 2.28. The van der Waals surface area contributed by atoms with Crippen molar-refractivity contribution < 1.29 is 0 Å². The maximum atomic E-state index is 11.5. The highest BCUT2D eigenvalue weighted by atomic mass is 16.1. The number of hydrogen-bond donors (Lipinski definition) is 1. The molecule has 1 N–H and O–H groups in total. The first-order valence-electron chi connectivity index (χ1n) is 6.09. The Kier molecular flexibility index (Phi) is 2.63. The van der Waals surface area contributed by atoms with Crippen LogP contribution in [0.2, 0.25) is 0 Å². The molecule has 0 saturated carbocycles. The molecule has 0 unspecified atom stereocenters. The Balaban J connectivity index is 1.74. The summed E-state index contributed by atoms with van der Waals surface area (Å²) in [5.41, 5.74) is 2.04. The van der Waals surface area contributed by atoms with Gasteiger partial charge in [-0.2, -0.15) is 0 Å². The van der Waals surface area contributed by atoms with E-state index in [1.54, 1.807) is 18.3 Å². The van der Waals surface area contributed by atoms with Gasteiger partial charge in [-0.25, -0.2) is 4.98 Å². The second kappa shape index (κ2) is 4.29.